The van der Waals surface area contributed by atoms with Crippen LogP contribution in [0.2, 0.25) is 0 Å². The van der Waals surface area contributed by atoms with Crippen molar-refractivity contribution in [3.05, 3.63) is 82.0 Å². The first-order valence-corrected chi connectivity index (χ1v) is 9.61. The second kappa shape index (κ2) is 8.11. The van der Waals surface area contributed by atoms with Gasteiger partial charge in [0.15, 0.2) is 5.78 Å². The molecule has 5 nitrogen and oxygen atoms in total. The van der Waals surface area contributed by atoms with Crippen molar-refractivity contribution in [2.45, 2.75) is 13.2 Å². The highest BCUT2D eigenvalue weighted by atomic mass is 32.1. The fourth-order valence-corrected chi connectivity index (χ4v) is 3.90. The highest BCUT2D eigenvalue weighted by molar-refractivity contribution is 7.17. The summed E-state index contributed by atoms with van der Waals surface area (Å²) >= 11 is 1.28. The van der Waals surface area contributed by atoms with Crippen LogP contribution in [0.5, 0.6) is 5.75 Å². The number of ketones is 1. The van der Waals surface area contributed by atoms with Crippen molar-refractivity contribution in [2.75, 3.05) is 0 Å². The first kappa shape index (κ1) is 19.8. The first-order chi connectivity index (χ1) is 14.4. The normalized spacial score (nSPS) is 11.2. The molecule has 30 heavy (non-hydrogen) atoms. The summed E-state index contributed by atoms with van der Waals surface area (Å²) in [5.41, 5.74) is 1.13. The third-order valence-electron chi connectivity index (χ3n) is 4.43. The van der Waals surface area contributed by atoms with Crippen molar-refractivity contribution in [1.29, 1.82) is 0 Å². The summed E-state index contributed by atoms with van der Waals surface area (Å²) in [5, 5.41) is 2.11. The monoisotopic (exact) mass is 430 g/mol. The molecule has 0 aliphatic carbocycles. The van der Waals surface area contributed by atoms with Gasteiger partial charge < -0.3 is 4.74 Å². The van der Waals surface area contributed by atoms with E-state index >= 15 is 0 Å². The molecule has 0 fully saturated rings. The molecule has 2 aromatic carbocycles. The van der Waals surface area contributed by atoms with Crippen molar-refractivity contribution < 1.29 is 22.7 Å². The zero-order valence-electron chi connectivity index (χ0n) is 15.2. The molecule has 2 aromatic heterocycles. The van der Waals surface area contributed by atoms with Gasteiger partial charge in [-0.15, -0.1) is 11.3 Å². The Labute approximate surface area is 172 Å². The zero-order valence-corrected chi connectivity index (χ0v) is 16.0. The van der Waals surface area contributed by atoms with Crippen LogP contribution in [0.3, 0.4) is 0 Å². The molecule has 0 amide bonds. The molecule has 0 radical (unpaired) electrons. The van der Waals surface area contributed by atoms with Gasteiger partial charge in [0, 0.05) is 16.5 Å². The van der Waals surface area contributed by atoms with Crippen LogP contribution in [0, 0.1) is 5.82 Å². The number of halogens is 3. The largest absolute Gasteiger partial charge is 0.435 e. The van der Waals surface area contributed by atoms with E-state index in [2.05, 4.69) is 9.72 Å². The number of hydrogen-bond donors (Lipinski definition) is 0. The van der Waals surface area contributed by atoms with Gasteiger partial charge in [-0.25, -0.2) is 9.37 Å². The number of carbonyl (C=O) groups is 1. The van der Waals surface area contributed by atoms with E-state index < -0.39 is 12.2 Å². The molecule has 4 rings (SSSR count). The molecule has 0 saturated carbocycles. The predicted octanol–water partition coefficient (Wildman–Crippen LogP) is 4.75. The maximum absolute atomic E-state index is 13.2. The second-order valence-electron chi connectivity index (χ2n) is 6.34. The van der Waals surface area contributed by atoms with Gasteiger partial charge in [0.25, 0.3) is 5.56 Å². The van der Waals surface area contributed by atoms with Crippen molar-refractivity contribution in [1.82, 2.24) is 9.55 Å². The number of aromatic nitrogens is 2. The summed E-state index contributed by atoms with van der Waals surface area (Å²) in [6, 6.07) is 11.0. The Morgan fingerprint density at radius 1 is 1.10 bits per heavy atom. The van der Waals surface area contributed by atoms with Gasteiger partial charge >= 0.3 is 6.61 Å². The van der Waals surface area contributed by atoms with Gasteiger partial charge in [0.1, 0.15) is 16.4 Å². The number of carbonyl (C=O) groups excluding carboxylic acids is 1. The maximum Gasteiger partial charge on any atom is 0.387 e. The molecule has 0 unspecified atom stereocenters. The van der Waals surface area contributed by atoms with Gasteiger partial charge in [-0.2, -0.15) is 8.78 Å². The smallest absolute Gasteiger partial charge is 0.387 e. The number of hydrogen-bond acceptors (Lipinski definition) is 5. The van der Waals surface area contributed by atoms with Crippen LogP contribution in [0.15, 0.2) is 65.0 Å². The number of thiophene rings is 1. The minimum absolute atomic E-state index is 0.0657. The lowest BCUT2D eigenvalue weighted by Gasteiger charge is -2.07. The van der Waals surface area contributed by atoms with Gasteiger partial charge in [-0.05, 0) is 42.0 Å². The molecular weight excluding hydrogens is 417 g/mol. The van der Waals surface area contributed by atoms with Crippen molar-refractivity contribution in [3.63, 3.8) is 0 Å². The van der Waals surface area contributed by atoms with Gasteiger partial charge in [0.05, 0.1) is 18.3 Å². The number of Topliss-reactive ketones (excluding diaryl/α,β-unsaturated/α-hetero) is 1. The van der Waals surface area contributed by atoms with Crippen LogP contribution in [0.25, 0.3) is 21.3 Å². The molecule has 0 spiro atoms. The number of nitrogens with zero attached hydrogens (tertiary/aromatic N) is 2. The number of benzene rings is 2. The Hall–Kier alpha value is -3.46. The third kappa shape index (κ3) is 3.97. The average Bonchev–Trinajstić information content (AvgIpc) is 3.15. The molecule has 0 saturated heterocycles. The Balaban J connectivity index is 1.64. The minimum Gasteiger partial charge on any atom is -0.435 e. The van der Waals surface area contributed by atoms with E-state index in [0.717, 1.165) is 0 Å². The quantitative estimate of drug-likeness (QED) is 0.414. The summed E-state index contributed by atoms with van der Waals surface area (Å²) in [6.07, 6.45) is 1.29. The summed E-state index contributed by atoms with van der Waals surface area (Å²) in [7, 11) is 0. The van der Waals surface area contributed by atoms with Crippen molar-refractivity contribution in [3.8, 4) is 16.9 Å². The lowest BCUT2D eigenvalue weighted by Crippen LogP contribution is -2.24. The van der Waals surface area contributed by atoms with Crippen LogP contribution in [-0.4, -0.2) is 21.9 Å². The Bertz CT molecular complexity index is 1270. The van der Waals surface area contributed by atoms with Gasteiger partial charge in [-0.1, -0.05) is 12.1 Å². The molecule has 0 N–H and O–H groups in total. The standard InChI is InChI=1S/C21H13F3N2O3S/c22-14-5-1-12(2-6-14)16-10-30-19-18(16)20(28)26(11-25-19)9-17(27)13-3-7-15(8-4-13)29-21(23)24/h1-8,10-11,21H,9H2. The minimum atomic E-state index is -2.95. The Morgan fingerprint density at radius 2 is 1.80 bits per heavy atom. The Morgan fingerprint density at radius 3 is 2.47 bits per heavy atom. The lowest BCUT2D eigenvalue weighted by molar-refractivity contribution is -0.0498. The highest BCUT2D eigenvalue weighted by Gasteiger charge is 2.16. The lowest BCUT2D eigenvalue weighted by atomic mass is 10.1. The van der Waals surface area contributed by atoms with E-state index in [9.17, 15) is 22.8 Å². The number of ether oxygens (including phenoxy) is 1. The van der Waals surface area contributed by atoms with Crippen LogP contribution in [0.4, 0.5) is 13.2 Å². The van der Waals surface area contributed by atoms with Gasteiger partial charge in [-0.3, -0.25) is 14.2 Å². The van der Waals surface area contributed by atoms with E-state index in [1.165, 1.54) is 58.6 Å². The zero-order chi connectivity index (χ0) is 21.3. The molecule has 0 aliphatic rings. The number of rotatable bonds is 6. The summed E-state index contributed by atoms with van der Waals surface area (Å²) in [6.45, 7) is -3.22. The molecule has 2 heterocycles. The molecule has 4 aromatic rings. The maximum atomic E-state index is 13.2. The summed E-state index contributed by atoms with van der Waals surface area (Å²) in [4.78, 5) is 30.3. The topological polar surface area (TPSA) is 61.2 Å². The van der Waals surface area contributed by atoms with E-state index in [1.807, 2.05) is 0 Å². The first-order valence-electron chi connectivity index (χ1n) is 8.73. The third-order valence-corrected chi connectivity index (χ3v) is 5.32. The highest BCUT2D eigenvalue weighted by Crippen LogP contribution is 2.30. The SMILES string of the molecule is O=C(Cn1cnc2scc(-c3ccc(F)cc3)c2c1=O)c1ccc(OC(F)F)cc1. The van der Waals surface area contributed by atoms with E-state index in [0.29, 0.717) is 21.3 Å². The van der Waals surface area contributed by atoms with Gasteiger partial charge in [0.2, 0.25) is 0 Å². The second-order valence-corrected chi connectivity index (χ2v) is 7.20. The van der Waals surface area contributed by atoms with Crippen LogP contribution in [-0.2, 0) is 6.54 Å². The van der Waals surface area contributed by atoms with Crippen molar-refractivity contribution >= 4 is 27.3 Å². The fourth-order valence-electron chi connectivity index (χ4n) is 2.99. The fraction of sp³-hybridized carbons (Fsp3) is 0.0952. The van der Waals surface area contributed by atoms with Crippen LogP contribution >= 0.6 is 11.3 Å². The van der Waals surface area contributed by atoms with Crippen LogP contribution < -0.4 is 10.3 Å². The average molecular weight is 430 g/mol. The van der Waals surface area contributed by atoms with Crippen molar-refractivity contribution in [2.24, 2.45) is 0 Å². The van der Waals surface area contributed by atoms with E-state index in [4.69, 9.17) is 0 Å². The molecular formula is C21H13F3N2O3S. The molecule has 0 aliphatic heterocycles. The predicted molar refractivity (Wildman–Crippen MR) is 107 cm³/mol. The van der Waals surface area contributed by atoms with E-state index in [1.54, 1.807) is 17.5 Å². The van der Waals surface area contributed by atoms with E-state index in [-0.39, 0.29) is 29.5 Å². The summed E-state index contributed by atoms with van der Waals surface area (Å²) < 4.78 is 43.1. The Kier molecular flexibility index (Phi) is 5.37. The summed E-state index contributed by atoms with van der Waals surface area (Å²) in [5.74, 6) is -0.839. The molecule has 9 heteroatoms. The number of fused-ring (bicyclic) bond motifs is 1. The molecule has 0 atom stereocenters. The molecule has 0 bridgehead atoms. The number of alkyl halides is 2. The molecule has 152 valence electrons. The van der Waals surface area contributed by atoms with Crippen LogP contribution in [0.1, 0.15) is 10.4 Å².